The quantitative estimate of drug-likeness (QED) is 0.450. The fourth-order valence-electron chi connectivity index (χ4n) is 0.657. The largest absolute Gasteiger partial charge is 0.284 e. The van der Waals surface area contributed by atoms with E-state index in [0.717, 1.165) is 0 Å². The molecule has 0 aliphatic heterocycles. The molecule has 3 nitrogen and oxygen atoms in total. The monoisotopic (exact) mass is 313 g/mol. The highest BCUT2D eigenvalue weighted by Gasteiger charge is 2.15. The number of rotatable bonds is 1. The van der Waals surface area contributed by atoms with Gasteiger partial charge in [-0.1, -0.05) is 11.6 Å². The first-order chi connectivity index (χ1) is 5.54. The zero-order valence-electron chi connectivity index (χ0n) is 5.55. The third kappa shape index (κ3) is 1.78. The molecule has 64 valence electrons. The minimum absolute atomic E-state index is 0.00808. The van der Waals surface area contributed by atoms with Crippen LogP contribution in [0, 0.1) is 10.1 Å². The van der Waals surface area contributed by atoms with E-state index in [-0.39, 0.29) is 5.69 Å². The number of nitro groups is 1. The van der Waals surface area contributed by atoms with Crippen LogP contribution >= 0.6 is 43.5 Å². The molecule has 0 N–H and O–H groups in total. The average Bonchev–Trinajstić information content (AvgIpc) is 2.00. The van der Waals surface area contributed by atoms with Crippen LogP contribution in [0.4, 0.5) is 5.69 Å². The molecule has 0 fully saturated rings. The summed E-state index contributed by atoms with van der Waals surface area (Å²) in [5, 5.41) is 10.8. The van der Waals surface area contributed by atoms with Gasteiger partial charge < -0.3 is 0 Å². The summed E-state index contributed by atoms with van der Waals surface area (Å²) in [6, 6.07) is 2.81. The first kappa shape index (κ1) is 9.95. The highest BCUT2D eigenvalue weighted by Crippen LogP contribution is 2.36. The zero-order chi connectivity index (χ0) is 9.30. The topological polar surface area (TPSA) is 43.1 Å². The third-order valence-electron chi connectivity index (χ3n) is 1.21. The molecule has 12 heavy (non-hydrogen) atoms. The van der Waals surface area contributed by atoms with Crippen molar-refractivity contribution < 1.29 is 4.92 Å². The van der Waals surface area contributed by atoms with Gasteiger partial charge in [-0.25, -0.2) is 0 Å². The maximum atomic E-state index is 10.4. The van der Waals surface area contributed by atoms with Gasteiger partial charge in [-0.3, -0.25) is 10.1 Å². The van der Waals surface area contributed by atoms with Gasteiger partial charge in [0.15, 0.2) is 0 Å². The lowest BCUT2D eigenvalue weighted by atomic mass is 10.3. The lowest BCUT2D eigenvalue weighted by molar-refractivity contribution is -0.385. The molecule has 0 aliphatic rings. The summed E-state index contributed by atoms with van der Waals surface area (Å²) in [4.78, 5) is 9.92. The molecule has 1 aromatic carbocycles. The van der Waals surface area contributed by atoms with Crippen molar-refractivity contribution in [3.8, 4) is 0 Å². The van der Waals surface area contributed by atoms with Gasteiger partial charge in [-0.15, -0.1) is 0 Å². The van der Waals surface area contributed by atoms with Crippen LogP contribution in [-0.4, -0.2) is 4.92 Å². The molecule has 0 aliphatic carbocycles. The summed E-state index contributed by atoms with van der Waals surface area (Å²) in [6.45, 7) is 0. The van der Waals surface area contributed by atoms with Gasteiger partial charge in [-0.05, 0) is 37.9 Å². The van der Waals surface area contributed by atoms with Crippen molar-refractivity contribution >= 4 is 49.1 Å². The van der Waals surface area contributed by atoms with Crippen molar-refractivity contribution in [1.29, 1.82) is 0 Å². The van der Waals surface area contributed by atoms with E-state index in [0.29, 0.717) is 14.0 Å². The van der Waals surface area contributed by atoms with Crippen LogP contribution < -0.4 is 0 Å². The standard InChI is InChI=1S/C6H2Br2ClNO2/c7-5-3(9)1-2-4(6(5)8)10(11)12/h1-2H. The second kappa shape index (κ2) is 3.72. The van der Waals surface area contributed by atoms with Crippen molar-refractivity contribution in [1.82, 2.24) is 0 Å². The molecule has 0 unspecified atom stereocenters. The van der Waals surface area contributed by atoms with Gasteiger partial charge in [0.25, 0.3) is 5.69 Å². The Labute approximate surface area is 90.1 Å². The molecule has 0 saturated carbocycles. The molecule has 0 spiro atoms. The number of benzene rings is 1. The van der Waals surface area contributed by atoms with Crippen LogP contribution in [0.15, 0.2) is 21.1 Å². The van der Waals surface area contributed by atoms with Crippen molar-refractivity contribution in [3.63, 3.8) is 0 Å². The maximum Gasteiger partial charge on any atom is 0.284 e. The summed E-state index contributed by atoms with van der Waals surface area (Å²) < 4.78 is 0.860. The van der Waals surface area contributed by atoms with E-state index in [9.17, 15) is 10.1 Å². The second-order valence-electron chi connectivity index (χ2n) is 1.95. The molecule has 0 amide bonds. The van der Waals surface area contributed by atoms with Gasteiger partial charge in [0, 0.05) is 6.07 Å². The summed E-state index contributed by atoms with van der Waals surface area (Å²) in [6.07, 6.45) is 0. The molecule has 0 aromatic heterocycles. The lowest BCUT2D eigenvalue weighted by Gasteiger charge is -1.99. The van der Waals surface area contributed by atoms with Gasteiger partial charge in [-0.2, -0.15) is 0 Å². The number of nitrogens with zero attached hydrogens (tertiary/aromatic N) is 1. The second-order valence-corrected chi connectivity index (χ2v) is 3.94. The number of halogens is 3. The highest BCUT2D eigenvalue weighted by molar-refractivity contribution is 9.13. The van der Waals surface area contributed by atoms with E-state index in [4.69, 9.17) is 11.6 Å². The van der Waals surface area contributed by atoms with Crippen LogP contribution in [0.25, 0.3) is 0 Å². The Bertz CT molecular complexity index is 343. The molecule has 1 aromatic rings. The molecule has 0 bridgehead atoms. The molecule has 0 radical (unpaired) electrons. The van der Waals surface area contributed by atoms with Crippen LogP contribution in [0.5, 0.6) is 0 Å². The van der Waals surface area contributed by atoms with Crippen LogP contribution in [-0.2, 0) is 0 Å². The van der Waals surface area contributed by atoms with E-state index >= 15 is 0 Å². The normalized spacial score (nSPS) is 9.92. The van der Waals surface area contributed by atoms with Crippen molar-refractivity contribution in [3.05, 3.63) is 36.2 Å². The Balaban J connectivity index is 3.36. The van der Waals surface area contributed by atoms with E-state index in [1.165, 1.54) is 12.1 Å². The van der Waals surface area contributed by atoms with E-state index in [1.807, 2.05) is 0 Å². The molecule has 0 heterocycles. The van der Waals surface area contributed by atoms with Crippen LogP contribution in [0.3, 0.4) is 0 Å². The lowest BCUT2D eigenvalue weighted by Crippen LogP contribution is -1.89. The maximum absolute atomic E-state index is 10.4. The fourth-order valence-corrected chi connectivity index (χ4v) is 1.75. The minimum atomic E-state index is -0.481. The Morgan fingerprint density at radius 1 is 1.33 bits per heavy atom. The number of nitro benzene ring substituents is 1. The Morgan fingerprint density at radius 2 is 1.92 bits per heavy atom. The zero-order valence-corrected chi connectivity index (χ0v) is 9.48. The van der Waals surface area contributed by atoms with Crippen LogP contribution in [0.1, 0.15) is 0 Å². The first-order valence-corrected chi connectivity index (χ1v) is 4.78. The summed E-state index contributed by atoms with van der Waals surface area (Å²) in [7, 11) is 0. The number of hydrogen-bond donors (Lipinski definition) is 0. The highest BCUT2D eigenvalue weighted by atomic mass is 79.9. The summed E-state index contributed by atoms with van der Waals surface area (Å²) >= 11 is 11.9. The smallest absolute Gasteiger partial charge is 0.258 e. The average molecular weight is 315 g/mol. The van der Waals surface area contributed by atoms with Crippen molar-refractivity contribution in [2.75, 3.05) is 0 Å². The third-order valence-corrected chi connectivity index (χ3v) is 3.91. The summed E-state index contributed by atoms with van der Waals surface area (Å²) in [5.74, 6) is 0. The van der Waals surface area contributed by atoms with E-state index < -0.39 is 4.92 Å². The van der Waals surface area contributed by atoms with E-state index in [2.05, 4.69) is 31.9 Å². The molecule has 0 saturated heterocycles. The molecule has 1 rings (SSSR count). The Kier molecular flexibility index (Phi) is 3.09. The molecular weight excluding hydrogens is 313 g/mol. The van der Waals surface area contributed by atoms with Crippen molar-refractivity contribution in [2.45, 2.75) is 0 Å². The Hall–Kier alpha value is -0.130. The van der Waals surface area contributed by atoms with Crippen molar-refractivity contribution in [2.24, 2.45) is 0 Å². The minimum Gasteiger partial charge on any atom is -0.258 e. The van der Waals surface area contributed by atoms with Crippen LogP contribution in [0.2, 0.25) is 5.02 Å². The van der Waals surface area contributed by atoms with Gasteiger partial charge in [0.05, 0.1) is 14.4 Å². The van der Waals surface area contributed by atoms with Gasteiger partial charge >= 0.3 is 0 Å². The molecular formula is C6H2Br2ClNO2. The Morgan fingerprint density at radius 3 is 2.42 bits per heavy atom. The first-order valence-electron chi connectivity index (χ1n) is 2.82. The summed E-state index contributed by atoms with van der Waals surface area (Å²) in [5.41, 5.74) is -0.00808. The predicted octanol–water partition coefficient (Wildman–Crippen LogP) is 3.77. The predicted molar refractivity (Wildman–Crippen MR) is 53.5 cm³/mol. The SMILES string of the molecule is O=[N+]([O-])c1ccc(Cl)c(Br)c1Br. The van der Waals surface area contributed by atoms with Gasteiger partial charge in [0.1, 0.15) is 4.47 Å². The molecule has 6 heteroatoms. The fraction of sp³-hybridized carbons (Fsp3) is 0. The van der Waals surface area contributed by atoms with Gasteiger partial charge in [0.2, 0.25) is 0 Å². The number of hydrogen-bond acceptors (Lipinski definition) is 2. The van der Waals surface area contributed by atoms with E-state index in [1.54, 1.807) is 0 Å². The molecule has 0 atom stereocenters.